The summed E-state index contributed by atoms with van der Waals surface area (Å²) in [4.78, 5) is 12.0. The molecular weight excluding hydrogens is 448 g/mol. The number of carbonyl (C=O) groups is 1. The van der Waals surface area contributed by atoms with E-state index in [-0.39, 0.29) is 18.1 Å². The van der Waals surface area contributed by atoms with Crippen molar-refractivity contribution in [1.82, 2.24) is 0 Å². The minimum atomic E-state index is -3.79. The van der Waals surface area contributed by atoms with Crippen molar-refractivity contribution in [2.24, 2.45) is 5.92 Å². The van der Waals surface area contributed by atoms with Crippen molar-refractivity contribution in [1.29, 1.82) is 0 Å². The molecule has 0 bridgehead atoms. The van der Waals surface area contributed by atoms with Gasteiger partial charge in [0, 0.05) is 18.0 Å². The minimum absolute atomic E-state index is 0.0366. The van der Waals surface area contributed by atoms with Crippen molar-refractivity contribution in [2.75, 3.05) is 21.0 Å². The van der Waals surface area contributed by atoms with E-state index < -0.39 is 27.0 Å². The van der Waals surface area contributed by atoms with Gasteiger partial charge in [0.05, 0.1) is 17.3 Å². The van der Waals surface area contributed by atoms with Gasteiger partial charge in [0.1, 0.15) is 5.75 Å². The lowest BCUT2D eigenvalue weighted by molar-refractivity contribution is -0.141. The van der Waals surface area contributed by atoms with E-state index in [0.29, 0.717) is 15.8 Å². The van der Waals surface area contributed by atoms with Gasteiger partial charge in [0.2, 0.25) is 0 Å². The lowest BCUT2D eigenvalue weighted by Crippen LogP contribution is -2.24. The number of sulfone groups is 1. The zero-order valence-corrected chi connectivity index (χ0v) is 18.3. The quantitative estimate of drug-likeness (QED) is 0.404. The van der Waals surface area contributed by atoms with Crippen LogP contribution in [0.4, 0.5) is 0 Å². The Labute approximate surface area is 173 Å². The first-order valence-corrected chi connectivity index (χ1v) is 10.9. The molecule has 2 rings (SSSR count). The Hall–Kier alpha value is -1.90. The third kappa shape index (κ3) is 5.33. The van der Waals surface area contributed by atoms with Crippen molar-refractivity contribution in [2.45, 2.75) is 23.5 Å². The van der Waals surface area contributed by atoms with E-state index in [1.54, 1.807) is 55.5 Å². The van der Waals surface area contributed by atoms with Crippen LogP contribution in [0, 0.1) is 5.92 Å². The van der Waals surface area contributed by atoms with Crippen LogP contribution in [-0.4, -0.2) is 35.4 Å². The lowest BCUT2D eigenvalue weighted by Gasteiger charge is -2.25. The molecule has 0 N–H and O–H groups in total. The molecule has 2 aromatic carbocycles. The maximum absolute atomic E-state index is 13.5. The topological polar surface area (TPSA) is 78.9 Å². The number of carbonyl (C=O) groups excluding carboxylic acids is 1. The fourth-order valence-corrected chi connectivity index (χ4v) is 5.66. The van der Waals surface area contributed by atoms with Crippen LogP contribution in [0.3, 0.4) is 0 Å². The molecule has 0 amide bonds. The second kappa shape index (κ2) is 10.0. The Morgan fingerprint density at radius 1 is 1.11 bits per heavy atom. The zero-order valence-electron chi connectivity index (χ0n) is 15.9. The van der Waals surface area contributed by atoms with Crippen molar-refractivity contribution in [3.63, 3.8) is 0 Å². The summed E-state index contributed by atoms with van der Waals surface area (Å²) < 4.78 is 42.7. The van der Waals surface area contributed by atoms with Gasteiger partial charge < -0.3 is 14.2 Å². The van der Waals surface area contributed by atoms with Gasteiger partial charge in [-0.25, -0.2) is 8.42 Å². The molecule has 152 valence electrons. The molecule has 0 aromatic heterocycles. The normalized spacial score (nSPS) is 13.6. The number of benzene rings is 2. The summed E-state index contributed by atoms with van der Waals surface area (Å²) in [6, 6.07) is 13.3. The van der Waals surface area contributed by atoms with Crippen LogP contribution in [-0.2, 0) is 24.1 Å². The maximum atomic E-state index is 13.5. The summed E-state index contributed by atoms with van der Waals surface area (Å²) >= 11 is 3.45. The second-order valence-corrected chi connectivity index (χ2v) is 9.19. The van der Waals surface area contributed by atoms with Crippen LogP contribution in [0.25, 0.3) is 0 Å². The van der Waals surface area contributed by atoms with E-state index in [1.807, 2.05) is 0 Å². The Bertz CT molecular complexity index is 898. The highest BCUT2D eigenvalue weighted by molar-refractivity contribution is 9.10. The predicted molar refractivity (Wildman–Crippen MR) is 109 cm³/mol. The van der Waals surface area contributed by atoms with Crippen LogP contribution >= 0.6 is 15.9 Å². The molecule has 8 heteroatoms. The highest BCUT2D eigenvalue weighted by Gasteiger charge is 2.36. The van der Waals surface area contributed by atoms with E-state index in [4.69, 9.17) is 14.2 Å². The average Bonchev–Trinajstić information content (AvgIpc) is 2.68. The summed E-state index contributed by atoms with van der Waals surface area (Å²) in [5.41, 5.74) is 0.508. The van der Waals surface area contributed by atoms with Crippen molar-refractivity contribution in [3.05, 3.63) is 58.6 Å². The van der Waals surface area contributed by atoms with Gasteiger partial charge in [0.25, 0.3) is 0 Å². The molecule has 0 radical (unpaired) electrons. The van der Waals surface area contributed by atoms with Crippen molar-refractivity contribution >= 4 is 31.7 Å². The van der Waals surface area contributed by atoms with Gasteiger partial charge in [-0.05, 0) is 41.8 Å². The molecule has 0 aliphatic rings. The largest absolute Gasteiger partial charge is 0.469 e. The van der Waals surface area contributed by atoms with Gasteiger partial charge in [0.15, 0.2) is 16.6 Å². The lowest BCUT2D eigenvalue weighted by atomic mass is 9.97. The average molecular weight is 471 g/mol. The van der Waals surface area contributed by atoms with Crippen LogP contribution in [0.5, 0.6) is 5.75 Å². The summed E-state index contributed by atoms with van der Waals surface area (Å²) in [6.07, 6.45) is -0.0389. The van der Waals surface area contributed by atoms with Gasteiger partial charge >= 0.3 is 5.97 Å². The molecule has 0 saturated carbocycles. The summed E-state index contributed by atoms with van der Waals surface area (Å²) in [5, 5.41) is -0.977. The molecule has 0 heterocycles. The zero-order chi connectivity index (χ0) is 20.7. The third-order valence-electron chi connectivity index (χ3n) is 4.26. The molecule has 0 unspecified atom stereocenters. The first-order valence-electron chi connectivity index (χ1n) is 8.58. The Morgan fingerprint density at radius 2 is 1.79 bits per heavy atom. The van der Waals surface area contributed by atoms with Gasteiger partial charge in [-0.15, -0.1) is 0 Å². The Kier molecular flexibility index (Phi) is 8.03. The van der Waals surface area contributed by atoms with Crippen molar-refractivity contribution in [3.8, 4) is 5.75 Å². The number of methoxy groups -OCH3 is 2. The number of halogens is 1. The fourth-order valence-electron chi connectivity index (χ4n) is 2.95. The summed E-state index contributed by atoms with van der Waals surface area (Å²) in [6.45, 7) is 1.76. The van der Waals surface area contributed by atoms with Crippen LogP contribution in [0.1, 0.15) is 24.2 Å². The molecule has 0 aliphatic carbocycles. The van der Waals surface area contributed by atoms with E-state index >= 15 is 0 Å². The molecule has 2 atom stereocenters. The monoisotopic (exact) mass is 470 g/mol. The molecule has 28 heavy (non-hydrogen) atoms. The maximum Gasteiger partial charge on any atom is 0.305 e. The number of ether oxygens (including phenoxy) is 3. The molecule has 0 fully saturated rings. The smallest absolute Gasteiger partial charge is 0.305 e. The van der Waals surface area contributed by atoms with Gasteiger partial charge in [-0.1, -0.05) is 41.1 Å². The van der Waals surface area contributed by atoms with E-state index in [9.17, 15) is 13.2 Å². The number of rotatable bonds is 9. The molecular formula is C20H23BrO6S. The standard InChI is InChI=1S/C20H23BrO6S/c1-14(11-19(22)26-3)20(28(23,24)16-7-5-4-6-8-16)17-12-15(27-13-25-2)9-10-18(17)21/h4-10,12,14,20H,11,13H2,1-3H3/t14-,20+/m0/s1. The van der Waals surface area contributed by atoms with Crippen LogP contribution in [0.15, 0.2) is 57.9 Å². The van der Waals surface area contributed by atoms with E-state index in [0.717, 1.165) is 0 Å². The molecule has 2 aromatic rings. The Morgan fingerprint density at radius 3 is 2.39 bits per heavy atom. The van der Waals surface area contributed by atoms with Gasteiger partial charge in [-0.3, -0.25) is 4.79 Å². The highest BCUT2D eigenvalue weighted by Crippen LogP contribution is 2.41. The Balaban J connectivity index is 2.57. The first-order chi connectivity index (χ1) is 13.3. The number of hydrogen-bond acceptors (Lipinski definition) is 6. The van der Waals surface area contributed by atoms with Crippen molar-refractivity contribution < 1.29 is 27.4 Å². The number of hydrogen-bond donors (Lipinski definition) is 0. The van der Waals surface area contributed by atoms with E-state index in [2.05, 4.69) is 15.9 Å². The van der Waals surface area contributed by atoms with Crippen LogP contribution < -0.4 is 4.74 Å². The first kappa shape index (κ1) is 22.4. The molecule has 6 nitrogen and oxygen atoms in total. The van der Waals surface area contributed by atoms with Crippen LogP contribution in [0.2, 0.25) is 0 Å². The van der Waals surface area contributed by atoms with E-state index in [1.165, 1.54) is 14.2 Å². The molecule has 0 spiro atoms. The number of esters is 1. The second-order valence-electron chi connectivity index (χ2n) is 6.27. The third-order valence-corrected chi connectivity index (χ3v) is 7.30. The molecule has 0 saturated heterocycles. The fraction of sp³-hybridized carbons (Fsp3) is 0.350. The minimum Gasteiger partial charge on any atom is -0.469 e. The predicted octanol–water partition coefficient (Wildman–Crippen LogP) is 4.15. The summed E-state index contributed by atoms with van der Waals surface area (Å²) in [7, 11) is -1.01. The van der Waals surface area contributed by atoms with Gasteiger partial charge in [-0.2, -0.15) is 0 Å². The molecule has 0 aliphatic heterocycles. The highest BCUT2D eigenvalue weighted by atomic mass is 79.9. The summed E-state index contributed by atoms with van der Waals surface area (Å²) in [5.74, 6) is -0.533. The SMILES string of the molecule is COCOc1ccc(Br)c([C@@H]([C@@H](C)CC(=O)OC)S(=O)(=O)c2ccccc2)c1.